The number of carbonyl (C=O) groups excluding carboxylic acids is 2. The van der Waals surface area contributed by atoms with E-state index in [0.29, 0.717) is 30.8 Å². The number of nitrogens with zero attached hydrogens (tertiary/aromatic N) is 2. The Hall–Kier alpha value is -2.86. The zero-order valence-electron chi connectivity index (χ0n) is 17.8. The highest BCUT2D eigenvalue weighted by Gasteiger charge is 2.51. The van der Waals surface area contributed by atoms with Gasteiger partial charge in [-0.2, -0.15) is 0 Å². The Bertz CT molecular complexity index is 976. The van der Waals surface area contributed by atoms with Crippen molar-refractivity contribution < 1.29 is 19.5 Å². The van der Waals surface area contributed by atoms with Crippen LogP contribution in [0.1, 0.15) is 36.5 Å². The van der Waals surface area contributed by atoms with Crippen molar-refractivity contribution in [1.82, 2.24) is 9.80 Å². The smallest absolute Gasteiger partial charge is 0.323 e. The highest BCUT2D eigenvalue weighted by atomic mass is 35.5. The molecule has 31 heavy (non-hydrogen) atoms. The molecule has 7 heteroatoms. The number of aryl methyl sites for hydroxylation is 2. The Labute approximate surface area is 187 Å². The number of carboxylic acid groups (broad SMARTS) is 1. The predicted octanol–water partition coefficient (Wildman–Crippen LogP) is 3.69. The second-order valence-corrected chi connectivity index (χ2v) is 8.61. The quantitative estimate of drug-likeness (QED) is 0.676. The molecule has 164 valence electrons. The van der Waals surface area contributed by atoms with Gasteiger partial charge in [0, 0.05) is 24.5 Å². The van der Waals surface area contributed by atoms with E-state index in [1.165, 1.54) is 4.90 Å². The molecule has 2 aromatic rings. The van der Waals surface area contributed by atoms with Crippen molar-refractivity contribution in [2.75, 3.05) is 13.1 Å². The molecule has 0 radical (unpaired) electrons. The van der Waals surface area contributed by atoms with Crippen molar-refractivity contribution in [3.63, 3.8) is 0 Å². The van der Waals surface area contributed by atoms with Crippen LogP contribution in [0.4, 0.5) is 0 Å². The average molecular weight is 443 g/mol. The lowest BCUT2D eigenvalue weighted by Gasteiger charge is -2.50. The van der Waals surface area contributed by atoms with Crippen molar-refractivity contribution in [2.45, 2.75) is 45.2 Å². The van der Waals surface area contributed by atoms with Gasteiger partial charge in [-0.3, -0.25) is 14.4 Å². The summed E-state index contributed by atoms with van der Waals surface area (Å²) in [5.74, 6) is -1.53. The molecule has 6 nitrogen and oxygen atoms in total. The lowest BCUT2D eigenvalue weighted by molar-refractivity contribution is -0.166. The number of carboxylic acids is 1. The molecular formula is C24H27ClN2O4. The third kappa shape index (κ3) is 5.25. The summed E-state index contributed by atoms with van der Waals surface area (Å²) in [7, 11) is 0. The first-order valence-electron chi connectivity index (χ1n) is 10.3. The van der Waals surface area contributed by atoms with E-state index in [-0.39, 0.29) is 18.4 Å². The summed E-state index contributed by atoms with van der Waals surface area (Å²) in [5.41, 5.74) is 2.00. The number of hydrogen-bond donors (Lipinski definition) is 1. The standard InChI is InChI=1S/C24H27ClN2O4/c1-17-5-3-4-6-19(17)9-12-21(28)27-14-13-24(27,2)23(31)26(16-22(29)30)15-18-7-10-20(25)11-8-18/h3-8,10-11H,9,12-16H2,1-2H3,(H,29,30). The monoisotopic (exact) mass is 442 g/mol. The van der Waals surface area contributed by atoms with Gasteiger partial charge in [0.25, 0.3) is 0 Å². The number of likely N-dealkylation sites (tertiary alicyclic amines) is 1. The maximum atomic E-state index is 13.3. The van der Waals surface area contributed by atoms with Crippen LogP contribution in [-0.4, -0.2) is 51.3 Å². The van der Waals surface area contributed by atoms with Crippen LogP contribution >= 0.6 is 11.6 Å². The summed E-state index contributed by atoms with van der Waals surface area (Å²) in [5, 5.41) is 9.89. The van der Waals surface area contributed by atoms with Gasteiger partial charge in [-0.05, 0) is 55.5 Å². The minimum atomic E-state index is -1.09. The van der Waals surface area contributed by atoms with Gasteiger partial charge >= 0.3 is 5.97 Å². The molecule has 1 heterocycles. The molecule has 2 amide bonds. The molecule has 0 bridgehead atoms. The maximum absolute atomic E-state index is 13.3. The normalized spacial score (nSPS) is 17.7. The van der Waals surface area contributed by atoms with E-state index in [4.69, 9.17) is 11.6 Å². The van der Waals surface area contributed by atoms with Crippen LogP contribution in [0.15, 0.2) is 48.5 Å². The lowest BCUT2D eigenvalue weighted by atomic mass is 9.84. The van der Waals surface area contributed by atoms with E-state index in [9.17, 15) is 19.5 Å². The van der Waals surface area contributed by atoms with E-state index in [1.807, 2.05) is 31.2 Å². The first kappa shape index (κ1) is 22.8. The van der Waals surface area contributed by atoms with Crippen LogP contribution in [0.25, 0.3) is 0 Å². The van der Waals surface area contributed by atoms with Gasteiger partial charge in [0.2, 0.25) is 11.8 Å². The molecule has 1 N–H and O–H groups in total. The zero-order valence-corrected chi connectivity index (χ0v) is 18.6. The fraction of sp³-hybridized carbons (Fsp3) is 0.375. The van der Waals surface area contributed by atoms with Gasteiger partial charge in [-0.15, -0.1) is 0 Å². The van der Waals surface area contributed by atoms with Gasteiger partial charge in [-0.25, -0.2) is 0 Å². The van der Waals surface area contributed by atoms with Crippen LogP contribution in [-0.2, 0) is 27.3 Å². The van der Waals surface area contributed by atoms with Crippen LogP contribution in [0.5, 0.6) is 0 Å². The fourth-order valence-corrected chi connectivity index (χ4v) is 4.09. The van der Waals surface area contributed by atoms with Crippen LogP contribution in [0.3, 0.4) is 0 Å². The number of halogens is 1. The molecule has 0 aromatic heterocycles. The summed E-state index contributed by atoms with van der Waals surface area (Å²) < 4.78 is 0. The van der Waals surface area contributed by atoms with Gasteiger partial charge in [0.05, 0.1) is 0 Å². The highest BCUT2D eigenvalue weighted by molar-refractivity contribution is 6.30. The minimum absolute atomic E-state index is 0.0906. The second-order valence-electron chi connectivity index (χ2n) is 8.18. The predicted molar refractivity (Wildman–Crippen MR) is 119 cm³/mol. The van der Waals surface area contributed by atoms with Crippen molar-refractivity contribution in [3.05, 3.63) is 70.2 Å². The number of aliphatic carboxylic acids is 1. The van der Waals surface area contributed by atoms with Crippen LogP contribution in [0.2, 0.25) is 5.02 Å². The Kier molecular flexibility index (Phi) is 7.01. The topological polar surface area (TPSA) is 77.9 Å². The third-order valence-corrected chi connectivity index (χ3v) is 6.20. The van der Waals surface area contributed by atoms with E-state index < -0.39 is 18.1 Å². The summed E-state index contributed by atoms with van der Waals surface area (Å²) in [6.07, 6.45) is 1.43. The lowest BCUT2D eigenvalue weighted by Crippen LogP contribution is -2.68. The molecule has 1 unspecified atom stereocenters. The minimum Gasteiger partial charge on any atom is -0.480 e. The number of rotatable bonds is 8. The van der Waals surface area contributed by atoms with Gasteiger partial charge in [0.15, 0.2) is 0 Å². The molecule has 3 rings (SSSR count). The third-order valence-electron chi connectivity index (χ3n) is 5.95. The Morgan fingerprint density at radius 1 is 1.13 bits per heavy atom. The number of carbonyl (C=O) groups is 3. The molecule has 1 atom stereocenters. The van der Waals surface area contributed by atoms with Crippen LogP contribution in [0, 0.1) is 6.92 Å². The molecular weight excluding hydrogens is 416 g/mol. The van der Waals surface area contributed by atoms with Crippen molar-refractivity contribution in [3.8, 4) is 0 Å². The molecule has 0 spiro atoms. The molecule has 1 fully saturated rings. The van der Waals surface area contributed by atoms with Crippen molar-refractivity contribution in [2.24, 2.45) is 0 Å². The second kappa shape index (κ2) is 9.52. The molecule has 2 aromatic carbocycles. The fourth-order valence-electron chi connectivity index (χ4n) is 3.96. The molecule has 0 saturated carbocycles. The molecule has 1 aliphatic rings. The highest BCUT2D eigenvalue weighted by Crippen LogP contribution is 2.34. The van der Waals surface area contributed by atoms with Gasteiger partial charge in [-0.1, -0.05) is 48.0 Å². The zero-order chi connectivity index (χ0) is 22.6. The van der Waals surface area contributed by atoms with E-state index in [0.717, 1.165) is 16.7 Å². The summed E-state index contributed by atoms with van der Waals surface area (Å²) in [4.78, 5) is 40.5. The Balaban J connectivity index is 1.70. The Morgan fingerprint density at radius 2 is 1.81 bits per heavy atom. The van der Waals surface area contributed by atoms with Crippen molar-refractivity contribution in [1.29, 1.82) is 0 Å². The average Bonchev–Trinajstić information content (AvgIpc) is 2.72. The van der Waals surface area contributed by atoms with E-state index in [1.54, 1.807) is 36.1 Å². The number of amides is 2. The largest absolute Gasteiger partial charge is 0.480 e. The first-order valence-corrected chi connectivity index (χ1v) is 10.7. The molecule has 1 saturated heterocycles. The Morgan fingerprint density at radius 3 is 2.39 bits per heavy atom. The number of hydrogen-bond acceptors (Lipinski definition) is 3. The van der Waals surface area contributed by atoms with E-state index in [2.05, 4.69) is 0 Å². The van der Waals surface area contributed by atoms with Gasteiger partial charge in [0.1, 0.15) is 12.1 Å². The van der Waals surface area contributed by atoms with Crippen LogP contribution < -0.4 is 0 Å². The van der Waals surface area contributed by atoms with Crippen molar-refractivity contribution >= 4 is 29.4 Å². The first-order chi connectivity index (χ1) is 14.7. The SMILES string of the molecule is Cc1ccccc1CCC(=O)N1CCC1(C)C(=O)N(CC(=O)O)Cc1ccc(Cl)cc1. The summed E-state index contributed by atoms with van der Waals surface area (Å²) >= 11 is 5.92. The van der Waals surface area contributed by atoms with E-state index >= 15 is 0 Å². The molecule has 0 aliphatic carbocycles. The summed E-state index contributed by atoms with van der Waals surface area (Å²) in [6, 6.07) is 14.9. The van der Waals surface area contributed by atoms with Gasteiger partial charge < -0.3 is 14.9 Å². The number of benzene rings is 2. The summed E-state index contributed by atoms with van der Waals surface area (Å²) in [6.45, 7) is 3.95. The molecule has 1 aliphatic heterocycles. The maximum Gasteiger partial charge on any atom is 0.323 e.